The van der Waals surface area contributed by atoms with Crippen molar-refractivity contribution in [3.05, 3.63) is 81.5 Å². The van der Waals surface area contributed by atoms with Crippen LogP contribution in [0.1, 0.15) is 64.2 Å². The highest BCUT2D eigenvalue weighted by molar-refractivity contribution is 5.91. The van der Waals surface area contributed by atoms with Crippen molar-refractivity contribution in [1.82, 2.24) is 19.4 Å². The molecule has 2 aromatic heterocycles. The van der Waals surface area contributed by atoms with Crippen LogP contribution in [0.4, 0.5) is 15.0 Å². The number of fused-ring (bicyclic) bond motifs is 1. The SMILES string of the molecule is Cc1cc2c(N3CCN(C(=O)OC(C)(C)C)C[C@@H]3C)nc(=O)n(-c3c(C)cccc3C(C)C)c2nc1-c1ccccc1F. The fourth-order valence-electron chi connectivity index (χ4n) is 5.79. The minimum absolute atomic E-state index is 0.133. The average molecular weight is 586 g/mol. The highest BCUT2D eigenvalue weighted by atomic mass is 19.1. The first kappa shape index (κ1) is 30.2. The van der Waals surface area contributed by atoms with Crippen molar-refractivity contribution < 1.29 is 13.9 Å². The van der Waals surface area contributed by atoms with Crippen molar-refractivity contribution in [2.75, 3.05) is 24.5 Å². The summed E-state index contributed by atoms with van der Waals surface area (Å²) in [5.41, 5.74) is 3.61. The molecule has 2 aromatic carbocycles. The van der Waals surface area contributed by atoms with Gasteiger partial charge in [0.2, 0.25) is 0 Å². The molecule has 0 radical (unpaired) electrons. The molecule has 43 heavy (non-hydrogen) atoms. The molecule has 0 unspecified atom stereocenters. The third-order valence-electron chi connectivity index (χ3n) is 7.83. The summed E-state index contributed by atoms with van der Waals surface area (Å²) >= 11 is 0. The molecule has 0 aliphatic carbocycles. The van der Waals surface area contributed by atoms with Crippen LogP contribution in [-0.2, 0) is 4.74 Å². The lowest BCUT2D eigenvalue weighted by atomic mass is 9.97. The Labute approximate surface area is 252 Å². The van der Waals surface area contributed by atoms with Crippen LogP contribution in [-0.4, -0.2) is 56.8 Å². The van der Waals surface area contributed by atoms with E-state index in [-0.39, 0.29) is 23.9 Å². The van der Waals surface area contributed by atoms with E-state index in [2.05, 4.69) is 23.7 Å². The number of amides is 1. The molecule has 0 N–H and O–H groups in total. The minimum Gasteiger partial charge on any atom is -0.444 e. The number of rotatable bonds is 4. The van der Waals surface area contributed by atoms with Gasteiger partial charge in [-0.05, 0) is 82.3 Å². The number of benzene rings is 2. The van der Waals surface area contributed by atoms with E-state index >= 15 is 4.39 Å². The van der Waals surface area contributed by atoms with Crippen molar-refractivity contribution in [3.8, 4) is 16.9 Å². The van der Waals surface area contributed by atoms with Gasteiger partial charge in [-0.25, -0.2) is 23.5 Å². The maximum Gasteiger partial charge on any atom is 0.410 e. The van der Waals surface area contributed by atoms with E-state index in [1.54, 1.807) is 27.7 Å². The molecule has 1 aliphatic heterocycles. The Hall–Kier alpha value is -4.27. The normalized spacial score (nSPS) is 15.8. The molecule has 1 atom stereocenters. The number of nitrogens with zero attached hydrogens (tertiary/aromatic N) is 5. The number of halogens is 1. The second kappa shape index (κ2) is 11.4. The number of hydrogen-bond donors (Lipinski definition) is 0. The number of carbonyl (C=O) groups excluding carboxylic acids is 1. The average Bonchev–Trinajstić information content (AvgIpc) is 2.92. The van der Waals surface area contributed by atoms with Crippen molar-refractivity contribution >= 4 is 22.9 Å². The van der Waals surface area contributed by atoms with E-state index < -0.39 is 11.3 Å². The first-order valence-electron chi connectivity index (χ1n) is 14.8. The van der Waals surface area contributed by atoms with Gasteiger partial charge in [0.05, 0.1) is 16.8 Å². The fourth-order valence-corrected chi connectivity index (χ4v) is 5.79. The fraction of sp³-hybridized carbons (Fsp3) is 0.412. The number of piperazine rings is 1. The Morgan fingerprint density at radius 1 is 1.02 bits per heavy atom. The van der Waals surface area contributed by atoms with Gasteiger partial charge in [-0.3, -0.25) is 0 Å². The van der Waals surface area contributed by atoms with Crippen LogP contribution in [0.25, 0.3) is 28.0 Å². The standard InChI is InChI=1S/C34H40FN5O3/c1-20(2)24-14-11-12-21(3)29(24)40-31-26(18-22(4)28(36-31)25-13-9-10-15-27(25)35)30(37-32(40)41)39-17-16-38(19-23(39)5)33(42)43-34(6,7)8/h9-15,18,20,23H,16-17,19H2,1-8H3/t23-/m0/s1. The molecule has 3 heterocycles. The molecule has 1 amide bonds. The van der Waals surface area contributed by atoms with Gasteiger partial charge in [-0.2, -0.15) is 4.98 Å². The summed E-state index contributed by atoms with van der Waals surface area (Å²) in [5, 5.41) is 0.688. The highest BCUT2D eigenvalue weighted by Gasteiger charge is 2.32. The van der Waals surface area contributed by atoms with Gasteiger partial charge in [-0.15, -0.1) is 0 Å². The van der Waals surface area contributed by atoms with Crippen molar-refractivity contribution in [1.29, 1.82) is 0 Å². The molecule has 1 saturated heterocycles. The Balaban J connectivity index is 1.72. The topological polar surface area (TPSA) is 80.6 Å². The van der Waals surface area contributed by atoms with Gasteiger partial charge in [0, 0.05) is 31.2 Å². The summed E-state index contributed by atoms with van der Waals surface area (Å²) in [4.78, 5) is 40.3. The van der Waals surface area contributed by atoms with Gasteiger partial charge in [-0.1, -0.05) is 44.2 Å². The predicted octanol–water partition coefficient (Wildman–Crippen LogP) is 6.77. The van der Waals surface area contributed by atoms with Crippen LogP contribution in [0.3, 0.4) is 0 Å². The molecule has 0 bridgehead atoms. The molecule has 0 spiro atoms. The Kier molecular flexibility index (Phi) is 8.03. The van der Waals surface area contributed by atoms with Gasteiger partial charge < -0.3 is 14.5 Å². The summed E-state index contributed by atoms with van der Waals surface area (Å²) in [5.74, 6) is 0.253. The van der Waals surface area contributed by atoms with Gasteiger partial charge in [0.1, 0.15) is 17.2 Å². The number of para-hydroxylation sites is 1. The molecule has 1 fully saturated rings. The number of carbonyl (C=O) groups is 1. The molecule has 4 aromatic rings. The second-order valence-electron chi connectivity index (χ2n) is 12.7. The number of ether oxygens (including phenoxy) is 1. The summed E-state index contributed by atoms with van der Waals surface area (Å²) in [7, 11) is 0. The Bertz CT molecular complexity index is 1760. The zero-order valence-corrected chi connectivity index (χ0v) is 26.2. The molecule has 5 rings (SSSR count). The van der Waals surface area contributed by atoms with Gasteiger partial charge >= 0.3 is 11.8 Å². The number of pyridine rings is 1. The Morgan fingerprint density at radius 3 is 2.40 bits per heavy atom. The quantitative estimate of drug-likeness (QED) is 0.263. The van der Waals surface area contributed by atoms with Gasteiger partial charge in [0.25, 0.3) is 0 Å². The minimum atomic E-state index is -0.594. The lowest BCUT2D eigenvalue weighted by Crippen LogP contribution is -2.55. The lowest BCUT2D eigenvalue weighted by molar-refractivity contribution is 0.0218. The lowest BCUT2D eigenvalue weighted by Gasteiger charge is -2.41. The van der Waals surface area contributed by atoms with Crippen LogP contribution in [0, 0.1) is 19.7 Å². The van der Waals surface area contributed by atoms with Gasteiger partial charge in [0.15, 0.2) is 5.65 Å². The molecular weight excluding hydrogens is 545 g/mol. The number of anilines is 1. The summed E-state index contributed by atoms with van der Waals surface area (Å²) < 4.78 is 22.2. The molecular formula is C34H40FN5O3. The number of aromatic nitrogens is 3. The smallest absolute Gasteiger partial charge is 0.410 e. The monoisotopic (exact) mass is 585 g/mol. The van der Waals surface area contributed by atoms with Crippen LogP contribution < -0.4 is 10.6 Å². The van der Waals surface area contributed by atoms with Crippen LogP contribution in [0.5, 0.6) is 0 Å². The summed E-state index contributed by atoms with van der Waals surface area (Å²) in [6.45, 7) is 16.9. The van der Waals surface area contributed by atoms with Crippen LogP contribution in [0.15, 0.2) is 53.3 Å². The molecule has 0 saturated carbocycles. The number of aryl methyl sites for hydroxylation is 2. The highest BCUT2D eigenvalue weighted by Crippen LogP contribution is 2.34. The molecule has 9 heteroatoms. The largest absolute Gasteiger partial charge is 0.444 e. The molecule has 1 aliphatic rings. The van der Waals surface area contributed by atoms with E-state index in [0.717, 1.165) is 22.4 Å². The number of hydrogen-bond acceptors (Lipinski definition) is 6. The van der Waals surface area contributed by atoms with E-state index in [1.165, 1.54) is 6.07 Å². The van der Waals surface area contributed by atoms with E-state index in [0.29, 0.717) is 47.7 Å². The van der Waals surface area contributed by atoms with E-state index in [4.69, 9.17) is 9.72 Å². The molecule has 226 valence electrons. The second-order valence-corrected chi connectivity index (χ2v) is 12.7. The first-order chi connectivity index (χ1) is 20.3. The van der Waals surface area contributed by atoms with Crippen molar-refractivity contribution in [3.63, 3.8) is 0 Å². The maximum absolute atomic E-state index is 15.0. The summed E-state index contributed by atoms with van der Waals surface area (Å²) in [6.07, 6.45) is -0.361. The Morgan fingerprint density at radius 2 is 1.74 bits per heavy atom. The third kappa shape index (κ3) is 5.85. The summed E-state index contributed by atoms with van der Waals surface area (Å²) in [6, 6.07) is 14.3. The van der Waals surface area contributed by atoms with Crippen LogP contribution in [0.2, 0.25) is 0 Å². The van der Waals surface area contributed by atoms with Crippen molar-refractivity contribution in [2.45, 2.75) is 73.0 Å². The van der Waals surface area contributed by atoms with E-state index in [1.807, 2.05) is 65.8 Å². The first-order valence-corrected chi connectivity index (χ1v) is 14.8. The van der Waals surface area contributed by atoms with E-state index in [9.17, 15) is 9.59 Å². The van der Waals surface area contributed by atoms with Crippen LogP contribution >= 0.6 is 0 Å². The molecule has 8 nitrogen and oxygen atoms in total. The maximum atomic E-state index is 15.0. The third-order valence-corrected chi connectivity index (χ3v) is 7.83. The zero-order valence-electron chi connectivity index (χ0n) is 26.2. The predicted molar refractivity (Wildman–Crippen MR) is 169 cm³/mol. The zero-order chi connectivity index (χ0) is 31.2. The van der Waals surface area contributed by atoms with Crippen molar-refractivity contribution in [2.24, 2.45) is 0 Å².